The topological polar surface area (TPSA) is 105 Å². The van der Waals surface area contributed by atoms with Crippen molar-refractivity contribution in [3.63, 3.8) is 0 Å². The molecule has 2 aromatic heterocycles. The van der Waals surface area contributed by atoms with E-state index in [9.17, 15) is 9.18 Å². The highest BCUT2D eigenvalue weighted by Gasteiger charge is 2.30. The molecule has 258 valence electrons. The fraction of sp³-hybridized carbons (Fsp3) is 0.263. The molecule has 1 amide bonds. The zero-order valence-corrected chi connectivity index (χ0v) is 28.8. The molecule has 0 fully saturated rings. The van der Waals surface area contributed by atoms with Crippen LogP contribution in [0.1, 0.15) is 29.3 Å². The van der Waals surface area contributed by atoms with Gasteiger partial charge in [0, 0.05) is 70.4 Å². The molecule has 2 N–H and O–H groups in total. The number of rotatable bonds is 16. The molecule has 50 heavy (non-hydrogen) atoms. The largest absolute Gasteiger partial charge is 0.492 e. The number of anilines is 2. The Kier molecular flexibility index (Phi) is 11.2. The van der Waals surface area contributed by atoms with Crippen LogP contribution in [0.4, 0.5) is 15.8 Å². The van der Waals surface area contributed by atoms with Gasteiger partial charge in [0.15, 0.2) is 0 Å². The fourth-order valence-electron chi connectivity index (χ4n) is 5.81. The summed E-state index contributed by atoms with van der Waals surface area (Å²) in [5.74, 6) is 0.253. The van der Waals surface area contributed by atoms with E-state index in [0.717, 1.165) is 49.1 Å². The van der Waals surface area contributed by atoms with Crippen LogP contribution in [0.3, 0.4) is 0 Å². The molecule has 10 nitrogen and oxygen atoms in total. The lowest BCUT2D eigenvalue weighted by molar-refractivity contribution is 0.0833. The Bertz CT molecular complexity index is 1970. The standard InChI is InChI=1S/C38H39ClFN7O3/c1-4-17-46(3)18-15-41-16-20-49-27-10-11-30-33(13-14-42-34(30)23-27)43-36-24-35(31-22-26(39)9-12-32(31)40)44-45-37(36)50-21-19-47-25(2)28-7-5-6-8-29(28)38(47)48/h5-14,22-24,41H,2,4,15-21H2,1,3H3,(H,42,43,44). The average Bonchev–Trinajstić information content (AvgIpc) is 3.36. The maximum atomic E-state index is 14.9. The average molecular weight is 696 g/mol. The lowest BCUT2D eigenvalue weighted by Crippen LogP contribution is -2.31. The first-order valence-corrected chi connectivity index (χ1v) is 16.9. The lowest BCUT2D eigenvalue weighted by atomic mass is 10.1. The van der Waals surface area contributed by atoms with Crippen LogP contribution in [0.2, 0.25) is 5.02 Å². The van der Waals surface area contributed by atoms with Crippen LogP contribution in [0.15, 0.2) is 85.6 Å². The van der Waals surface area contributed by atoms with Crippen molar-refractivity contribution in [1.29, 1.82) is 0 Å². The number of halogens is 2. The fourth-order valence-corrected chi connectivity index (χ4v) is 5.98. The number of hydrogen-bond donors (Lipinski definition) is 2. The Balaban J connectivity index is 1.18. The van der Waals surface area contributed by atoms with E-state index in [4.69, 9.17) is 21.1 Å². The minimum absolute atomic E-state index is 0.106. The highest BCUT2D eigenvalue weighted by atomic mass is 35.5. The number of hydrogen-bond acceptors (Lipinski definition) is 9. The zero-order chi connectivity index (χ0) is 35.0. The lowest BCUT2D eigenvalue weighted by Gasteiger charge is -2.19. The normalized spacial score (nSPS) is 12.5. The molecule has 0 radical (unpaired) electrons. The molecule has 0 saturated carbocycles. The van der Waals surface area contributed by atoms with E-state index < -0.39 is 5.82 Å². The molecular weight excluding hydrogens is 657 g/mol. The Morgan fingerprint density at radius 2 is 1.76 bits per heavy atom. The van der Waals surface area contributed by atoms with E-state index >= 15 is 0 Å². The minimum Gasteiger partial charge on any atom is -0.492 e. The van der Waals surface area contributed by atoms with Gasteiger partial charge in [-0.2, -0.15) is 0 Å². The van der Waals surface area contributed by atoms with Gasteiger partial charge in [0.25, 0.3) is 11.8 Å². The summed E-state index contributed by atoms with van der Waals surface area (Å²) in [6.07, 6.45) is 2.83. The van der Waals surface area contributed by atoms with Crippen molar-refractivity contribution in [3.05, 3.63) is 108 Å². The summed E-state index contributed by atoms with van der Waals surface area (Å²) >= 11 is 6.19. The second kappa shape index (κ2) is 16.1. The van der Waals surface area contributed by atoms with Gasteiger partial charge in [0.05, 0.1) is 17.8 Å². The Morgan fingerprint density at radius 3 is 2.58 bits per heavy atom. The monoisotopic (exact) mass is 695 g/mol. The Labute approximate surface area is 295 Å². The molecule has 0 aliphatic carbocycles. The van der Waals surface area contributed by atoms with E-state index in [1.54, 1.807) is 23.2 Å². The molecule has 6 rings (SSSR count). The van der Waals surface area contributed by atoms with Gasteiger partial charge in [-0.05, 0) is 68.5 Å². The second-order valence-corrected chi connectivity index (χ2v) is 12.4. The van der Waals surface area contributed by atoms with Crippen molar-refractivity contribution in [2.45, 2.75) is 13.3 Å². The molecular formula is C38H39ClFN7O3. The van der Waals surface area contributed by atoms with Gasteiger partial charge < -0.3 is 29.9 Å². The van der Waals surface area contributed by atoms with Gasteiger partial charge >= 0.3 is 0 Å². The van der Waals surface area contributed by atoms with Gasteiger partial charge in [0.2, 0.25) is 0 Å². The molecule has 3 heterocycles. The van der Waals surface area contributed by atoms with Gasteiger partial charge in [-0.15, -0.1) is 10.2 Å². The summed E-state index contributed by atoms with van der Waals surface area (Å²) in [5, 5.41) is 16.6. The highest BCUT2D eigenvalue weighted by molar-refractivity contribution is 6.30. The number of pyridine rings is 1. The predicted molar refractivity (Wildman–Crippen MR) is 196 cm³/mol. The number of ether oxygens (including phenoxy) is 2. The van der Waals surface area contributed by atoms with Crippen molar-refractivity contribution in [2.75, 3.05) is 58.3 Å². The maximum Gasteiger partial charge on any atom is 0.259 e. The molecule has 0 bridgehead atoms. The van der Waals surface area contributed by atoms with E-state index in [1.807, 2.05) is 42.5 Å². The quantitative estimate of drug-likeness (QED) is 0.105. The summed E-state index contributed by atoms with van der Waals surface area (Å²) in [5.41, 5.74) is 4.35. The number of nitrogens with zero attached hydrogens (tertiary/aromatic N) is 5. The third kappa shape index (κ3) is 8.02. The predicted octanol–water partition coefficient (Wildman–Crippen LogP) is 7.04. The number of likely N-dealkylation sites (N-methyl/N-ethyl adjacent to an activating group) is 1. The van der Waals surface area contributed by atoms with Crippen molar-refractivity contribution >= 4 is 45.5 Å². The number of nitrogens with one attached hydrogen (secondary N) is 2. The SMILES string of the molecule is C=C1c2ccccc2C(=O)N1CCOc1nnc(-c2cc(Cl)ccc2F)cc1Nc1ccnc2cc(OCCNCCN(C)CCC)ccc12. The van der Waals surface area contributed by atoms with Crippen LogP contribution in [-0.4, -0.2) is 83.9 Å². The van der Waals surface area contributed by atoms with Gasteiger partial charge in [-0.3, -0.25) is 9.78 Å². The summed E-state index contributed by atoms with van der Waals surface area (Å²) < 4.78 is 27.0. The summed E-state index contributed by atoms with van der Waals surface area (Å²) in [7, 11) is 2.12. The second-order valence-electron chi connectivity index (χ2n) is 11.9. The molecule has 1 aliphatic rings. The van der Waals surface area contributed by atoms with Crippen molar-refractivity contribution in [3.8, 4) is 22.9 Å². The van der Waals surface area contributed by atoms with Gasteiger partial charge in [0.1, 0.15) is 30.5 Å². The van der Waals surface area contributed by atoms with Crippen LogP contribution >= 0.6 is 11.6 Å². The Hall–Kier alpha value is -5.10. The number of aromatic nitrogens is 3. The van der Waals surface area contributed by atoms with E-state index in [1.165, 1.54) is 18.2 Å². The van der Waals surface area contributed by atoms with Crippen LogP contribution in [0.25, 0.3) is 27.9 Å². The van der Waals surface area contributed by atoms with E-state index in [2.05, 4.69) is 51.3 Å². The molecule has 0 saturated heterocycles. The summed E-state index contributed by atoms with van der Waals surface area (Å²) in [6, 6.07) is 20.8. The molecule has 0 unspecified atom stereocenters. The molecule has 5 aromatic rings. The Morgan fingerprint density at radius 1 is 0.920 bits per heavy atom. The van der Waals surface area contributed by atoms with E-state index in [0.29, 0.717) is 40.0 Å². The van der Waals surface area contributed by atoms with E-state index in [-0.39, 0.29) is 36.2 Å². The number of carbonyl (C=O) groups is 1. The first kappa shape index (κ1) is 34.8. The summed E-state index contributed by atoms with van der Waals surface area (Å²) in [6.45, 7) is 10.9. The molecule has 3 aromatic carbocycles. The van der Waals surface area contributed by atoms with Crippen molar-refractivity contribution in [1.82, 2.24) is 30.3 Å². The smallest absolute Gasteiger partial charge is 0.259 e. The first-order chi connectivity index (χ1) is 24.3. The van der Waals surface area contributed by atoms with Crippen LogP contribution in [0.5, 0.6) is 11.6 Å². The van der Waals surface area contributed by atoms with Crippen LogP contribution < -0.4 is 20.1 Å². The zero-order valence-electron chi connectivity index (χ0n) is 28.1. The maximum absolute atomic E-state index is 14.9. The molecule has 1 aliphatic heterocycles. The first-order valence-electron chi connectivity index (χ1n) is 16.6. The number of fused-ring (bicyclic) bond motifs is 2. The minimum atomic E-state index is -0.491. The molecule has 0 atom stereocenters. The van der Waals surface area contributed by atoms with Gasteiger partial charge in [-0.25, -0.2) is 4.39 Å². The van der Waals surface area contributed by atoms with Crippen LogP contribution in [0, 0.1) is 5.82 Å². The molecule has 12 heteroatoms. The number of carbonyl (C=O) groups excluding carboxylic acids is 1. The third-order valence-corrected chi connectivity index (χ3v) is 8.60. The number of benzene rings is 3. The van der Waals surface area contributed by atoms with Crippen molar-refractivity contribution in [2.24, 2.45) is 0 Å². The molecule has 0 spiro atoms. The van der Waals surface area contributed by atoms with Crippen molar-refractivity contribution < 1.29 is 18.7 Å². The van der Waals surface area contributed by atoms with Gasteiger partial charge in [-0.1, -0.05) is 43.3 Å². The summed E-state index contributed by atoms with van der Waals surface area (Å²) in [4.78, 5) is 21.5. The highest BCUT2D eigenvalue weighted by Crippen LogP contribution is 2.35. The van der Waals surface area contributed by atoms with Crippen LogP contribution in [-0.2, 0) is 0 Å². The number of amides is 1. The third-order valence-electron chi connectivity index (χ3n) is 8.36.